The zero-order valence-corrected chi connectivity index (χ0v) is 10.4. The second kappa shape index (κ2) is 3.96. The van der Waals surface area contributed by atoms with Crippen molar-refractivity contribution >= 4 is 9.84 Å². The fourth-order valence-corrected chi connectivity index (χ4v) is 2.81. The van der Waals surface area contributed by atoms with Crippen LogP contribution in [-0.4, -0.2) is 18.1 Å². The van der Waals surface area contributed by atoms with Crippen LogP contribution in [-0.2, 0) is 9.84 Å². The van der Waals surface area contributed by atoms with Gasteiger partial charge in [0.1, 0.15) is 5.76 Å². The zero-order valence-electron chi connectivity index (χ0n) is 9.57. The van der Waals surface area contributed by atoms with Gasteiger partial charge in [-0.25, -0.2) is 13.4 Å². The van der Waals surface area contributed by atoms with Gasteiger partial charge in [0.2, 0.25) is 9.84 Å². The minimum absolute atomic E-state index is 0.168. The van der Waals surface area contributed by atoms with Crippen LogP contribution in [0, 0.1) is 6.92 Å². The van der Waals surface area contributed by atoms with Crippen molar-refractivity contribution in [1.29, 1.82) is 0 Å². The van der Waals surface area contributed by atoms with E-state index in [9.17, 15) is 8.42 Å². The summed E-state index contributed by atoms with van der Waals surface area (Å²) in [6, 6.07) is 0. The van der Waals surface area contributed by atoms with Gasteiger partial charge in [-0.15, -0.1) is 0 Å². The van der Waals surface area contributed by atoms with Gasteiger partial charge >= 0.3 is 5.22 Å². The molecule has 0 saturated heterocycles. The maximum Gasteiger partial charge on any atom is 0.315 e. The molecule has 0 spiro atoms. The molecule has 1 heterocycles. The molecule has 0 aromatic carbocycles. The summed E-state index contributed by atoms with van der Waals surface area (Å²) in [5.74, 6) is 0.515. The van der Waals surface area contributed by atoms with Crippen molar-refractivity contribution in [3.63, 3.8) is 0 Å². The van der Waals surface area contributed by atoms with Crippen LogP contribution < -0.4 is 0 Å². The lowest BCUT2D eigenvalue weighted by atomic mass is 10.1. The number of aromatic nitrogens is 1. The topological polar surface area (TPSA) is 60.2 Å². The second-order valence-corrected chi connectivity index (χ2v) is 6.71. The molecule has 0 atom stereocenters. The number of aryl methyl sites for hydroxylation is 1. The van der Waals surface area contributed by atoms with Crippen molar-refractivity contribution in [2.45, 2.75) is 50.5 Å². The first-order valence-electron chi connectivity index (χ1n) is 4.98. The van der Waals surface area contributed by atoms with E-state index in [4.69, 9.17) is 4.42 Å². The summed E-state index contributed by atoms with van der Waals surface area (Å²) >= 11 is 0. The Morgan fingerprint density at radius 1 is 1.47 bits per heavy atom. The van der Waals surface area contributed by atoms with Crippen molar-refractivity contribution in [3.8, 4) is 0 Å². The van der Waals surface area contributed by atoms with Crippen molar-refractivity contribution < 1.29 is 12.8 Å². The van der Waals surface area contributed by atoms with Crippen LogP contribution in [0.1, 0.15) is 39.4 Å². The van der Waals surface area contributed by atoms with E-state index in [2.05, 4.69) is 4.98 Å². The molecule has 86 valence electrons. The molecule has 0 radical (unpaired) electrons. The van der Waals surface area contributed by atoms with E-state index in [0.29, 0.717) is 12.2 Å². The Balaban J connectivity index is 3.13. The molecule has 0 saturated carbocycles. The minimum Gasteiger partial charge on any atom is -0.433 e. The molecule has 1 rings (SSSR count). The summed E-state index contributed by atoms with van der Waals surface area (Å²) in [5, 5.41) is -0.168. The van der Waals surface area contributed by atoms with Gasteiger partial charge in [0.05, 0.1) is 10.9 Å². The summed E-state index contributed by atoms with van der Waals surface area (Å²) in [7, 11) is -3.46. The molecule has 0 fully saturated rings. The molecule has 0 bridgehead atoms. The van der Waals surface area contributed by atoms with E-state index in [1.54, 1.807) is 20.8 Å². The van der Waals surface area contributed by atoms with Crippen LogP contribution in [0.4, 0.5) is 0 Å². The highest BCUT2D eigenvalue weighted by atomic mass is 32.2. The SMILES string of the molecule is CCCC(C)(C)S(=O)(=O)c1ncc(C)o1. The highest BCUT2D eigenvalue weighted by Gasteiger charge is 2.38. The minimum atomic E-state index is -3.46. The molecule has 4 nitrogen and oxygen atoms in total. The van der Waals surface area contributed by atoms with E-state index in [1.165, 1.54) is 6.20 Å². The summed E-state index contributed by atoms with van der Waals surface area (Å²) in [6.07, 6.45) is 2.83. The molecule has 5 heteroatoms. The van der Waals surface area contributed by atoms with Crippen LogP contribution in [0.5, 0.6) is 0 Å². The lowest BCUT2D eigenvalue weighted by Crippen LogP contribution is -2.31. The Kier molecular flexibility index (Phi) is 3.23. The number of hydrogen-bond acceptors (Lipinski definition) is 4. The Bertz CT molecular complexity index is 431. The zero-order chi connectivity index (χ0) is 11.7. The highest BCUT2D eigenvalue weighted by molar-refractivity contribution is 7.92. The highest BCUT2D eigenvalue weighted by Crippen LogP contribution is 2.28. The molecule has 0 aliphatic heterocycles. The first-order chi connectivity index (χ1) is 6.81. The van der Waals surface area contributed by atoms with E-state index in [1.807, 2.05) is 6.92 Å². The maximum atomic E-state index is 12.1. The number of oxazole rings is 1. The monoisotopic (exact) mass is 231 g/mol. The first kappa shape index (κ1) is 12.2. The molecule has 0 N–H and O–H groups in total. The van der Waals surface area contributed by atoms with Gasteiger partial charge < -0.3 is 4.42 Å². The van der Waals surface area contributed by atoms with E-state index >= 15 is 0 Å². The average Bonchev–Trinajstić information content (AvgIpc) is 2.51. The van der Waals surface area contributed by atoms with E-state index < -0.39 is 14.6 Å². The van der Waals surface area contributed by atoms with Crippen molar-refractivity contribution in [2.75, 3.05) is 0 Å². The van der Waals surface area contributed by atoms with Gasteiger partial charge in [0, 0.05) is 0 Å². The molecule has 0 unspecified atom stereocenters. The molecule has 1 aromatic rings. The third kappa shape index (κ3) is 2.22. The van der Waals surface area contributed by atoms with Crippen LogP contribution in [0.25, 0.3) is 0 Å². The molecule has 1 aromatic heterocycles. The molecule has 0 aliphatic rings. The smallest absolute Gasteiger partial charge is 0.315 e. The summed E-state index contributed by atoms with van der Waals surface area (Å²) in [5.41, 5.74) is 0. The molecule has 0 aliphatic carbocycles. The summed E-state index contributed by atoms with van der Waals surface area (Å²) in [6.45, 7) is 7.04. The fraction of sp³-hybridized carbons (Fsp3) is 0.700. The van der Waals surface area contributed by atoms with Crippen molar-refractivity contribution in [3.05, 3.63) is 12.0 Å². The Morgan fingerprint density at radius 3 is 2.47 bits per heavy atom. The van der Waals surface area contributed by atoms with Crippen LogP contribution in [0.15, 0.2) is 15.8 Å². The predicted octanol–water partition coefficient (Wildman–Crippen LogP) is 2.34. The van der Waals surface area contributed by atoms with Crippen LogP contribution in [0.2, 0.25) is 0 Å². The molecular formula is C10H17NO3S. The third-order valence-electron chi connectivity index (χ3n) is 2.41. The second-order valence-electron chi connectivity index (χ2n) is 4.25. The lowest BCUT2D eigenvalue weighted by molar-refractivity contribution is 0.399. The first-order valence-corrected chi connectivity index (χ1v) is 6.46. The van der Waals surface area contributed by atoms with Gasteiger partial charge in [-0.2, -0.15) is 0 Å². The van der Waals surface area contributed by atoms with Crippen molar-refractivity contribution in [2.24, 2.45) is 0 Å². The number of rotatable bonds is 4. The van der Waals surface area contributed by atoms with Crippen molar-refractivity contribution in [1.82, 2.24) is 4.98 Å². The summed E-state index contributed by atoms with van der Waals surface area (Å²) < 4.78 is 28.5. The van der Waals surface area contributed by atoms with Gasteiger partial charge in [-0.3, -0.25) is 0 Å². The Labute approximate surface area is 90.6 Å². The van der Waals surface area contributed by atoms with E-state index in [-0.39, 0.29) is 5.22 Å². The Hall–Kier alpha value is -0.840. The molecular weight excluding hydrogens is 214 g/mol. The maximum absolute atomic E-state index is 12.1. The number of hydrogen-bond donors (Lipinski definition) is 0. The standard InChI is InChI=1S/C10H17NO3S/c1-5-6-10(3,4)15(12,13)9-11-7-8(2)14-9/h7H,5-6H2,1-4H3. The fourth-order valence-electron chi connectivity index (χ4n) is 1.43. The van der Waals surface area contributed by atoms with Gasteiger partial charge in [-0.1, -0.05) is 13.3 Å². The predicted molar refractivity (Wildman–Crippen MR) is 57.4 cm³/mol. The normalized spacial score (nSPS) is 13.1. The average molecular weight is 231 g/mol. The van der Waals surface area contributed by atoms with Gasteiger partial charge in [0.15, 0.2) is 0 Å². The van der Waals surface area contributed by atoms with Gasteiger partial charge in [0.25, 0.3) is 0 Å². The third-order valence-corrected chi connectivity index (χ3v) is 4.72. The summed E-state index contributed by atoms with van der Waals surface area (Å²) in [4.78, 5) is 3.78. The Morgan fingerprint density at radius 2 is 2.07 bits per heavy atom. The number of nitrogens with zero attached hydrogens (tertiary/aromatic N) is 1. The lowest BCUT2D eigenvalue weighted by Gasteiger charge is -2.21. The van der Waals surface area contributed by atoms with Gasteiger partial charge in [-0.05, 0) is 27.2 Å². The van der Waals surface area contributed by atoms with Crippen LogP contribution in [0.3, 0.4) is 0 Å². The van der Waals surface area contributed by atoms with Crippen LogP contribution >= 0.6 is 0 Å². The molecule has 0 amide bonds. The molecule has 15 heavy (non-hydrogen) atoms. The number of sulfone groups is 1. The quantitative estimate of drug-likeness (QED) is 0.798. The largest absolute Gasteiger partial charge is 0.433 e. The van der Waals surface area contributed by atoms with E-state index in [0.717, 1.165) is 6.42 Å².